The number of aromatic nitrogens is 7. The van der Waals surface area contributed by atoms with Gasteiger partial charge in [0.25, 0.3) is 0 Å². The van der Waals surface area contributed by atoms with Crippen molar-refractivity contribution in [1.82, 2.24) is 34.6 Å². The zero-order valence-electron chi connectivity index (χ0n) is 15.2. The molecule has 0 unspecified atom stereocenters. The van der Waals surface area contributed by atoms with Gasteiger partial charge in [0.05, 0.1) is 17.6 Å². The fourth-order valence-electron chi connectivity index (χ4n) is 2.72. The Morgan fingerprint density at radius 3 is 2.71 bits per heavy atom. The largest absolute Gasteiger partial charge is 0.472 e. The van der Waals surface area contributed by atoms with E-state index in [2.05, 4.69) is 20.5 Å². The van der Waals surface area contributed by atoms with Crippen molar-refractivity contribution in [2.75, 3.05) is 0 Å². The summed E-state index contributed by atoms with van der Waals surface area (Å²) < 4.78 is 9.93. The zero-order chi connectivity index (χ0) is 19.7. The van der Waals surface area contributed by atoms with Crippen molar-refractivity contribution in [3.63, 3.8) is 0 Å². The van der Waals surface area contributed by atoms with E-state index in [0.717, 1.165) is 16.8 Å². The molecule has 0 amide bonds. The zero-order valence-corrected chi connectivity index (χ0v) is 15.9. The summed E-state index contributed by atoms with van der Waals surface area (Å²) >= 11 is 5.81. The molecule has 0 saturated carbocycles. The number of halogens is 1. The quantitative estimate of drug-likeness (QED) is 0.479. The predicted octanol–water partition coefficient (Wildman–Crippen LogP) is 2.09. The fourth-order valence-corrected chi connectivity index (χ4v) is 2.83. The van der Waals surface area contributed by atoms with Crippen LogP contribution in [0.4, 0.5) is 0 Å². The average Bonchev–Trinajstić information content (AvgIpc) is 3.29. The van der Waals surface area contributed by atoms with Gasteiger partial charge in [-0.3, -0.25) is 0 Å². The van der Waals surface area contributed by atoms with Gasteiger partial charge in [0, 0.05) is 24.9 Å². The molecule has 142 valence electrons. The van der Waals surface area contributed by atoms with Crippen molar-refractivity contribution >= 4 is 11.6 Å². The Kier molecular flexibility index (Phi) is 4.66. The molecule has 0 spiro atoms. The van der Waals surface area contributed by atoms with Gasteiger partial charge >= 0.3 is 5.69 Å². The van der Waals surface area contributed by atoms with Crippen LogP contribution < -0.4 is 10.4 Å². The monoisotopic (exact) mass is 397 g/mol. The fraction of sp³-hybridized carbons (Fsp3) is 0.167. The summed E-state index contributed by atoms with van der Waals surface area (Å²) in [6.07, 6.45) is 3.39. The molecular formula is C18H16ClN7O2. The minimum absolute atomic E-state index is 0.223. The van der Waals surface area contributed by atoms with E-state index in [9.17, 15) is 4.79 Å². The summed E-state index contributed by atoms with van der Waals surface area (Å²) in [6.45, 7) is 2.17. The first-order valence-electron chi connectivity index (χ1n) is 8.41. The predicted molar refractivity (Wildman–Crippen MR) is 102 cm³/mol. The lowest BCUT2D eigenvalue weighted by Gasteiger charge is -2.11. The topological polar surface area (TPSA) is 92.7 Å². The Labute approximate surface area is 164 Å². The van der Waals surface area contributed by atoms with Crippen molar-refractivity contribution in [3.8, 4) is 17.3 Å². The van der Waals surface area contributed by atoms with Crippen LogP contribution in [0, 0.1) is 6.92 Å². The molecule has 0 aliphatic rings. The summed E-state index contributed by atoms with van der Waals surface area (Å²) in [4.78, 5) is 16.3. The maximum absolute atomic E-state index is 12.2. The Bertz CT molecular complexity index is 1180. The summed E-state index contributed by atoms with van der Waals surface area (Å²) in [6, 6.07) is 10.9. The Morgan fingerprint density at radius 2 is 2.00 bits per heavy atom. The molecule has 0 aliphatic heterocycles. The van der Waals surface area contributed by atoms with E-state index in [1.165, 1.54) is 9.36 Å². The van der Waals surface area contributed by atoms with E-state index >= 15 is 0 Å². The molecule has 9 nitrogen and oxygen atoms in total. The SMILES string of the molecule is Cc1cccc(-n2nnn(C)c2=O)c1COc1ccn(-c2ccc(Cl)nc2)n1. The molecule has 0 aliphatic carbocycles. The van der Waals surface area contributed by atoms with Crippen molar-refractivity contribution in [2.24, 2.45) is 7.05 Å². The highest BCUT2D eigenvalue weighted by Crippen LogP contribution is 2.20. The first kappa shape index (κ1) is 17.9. The molecule has 10 heteroatoms. The van der Waals surface area contributed by atoms with Gasteiger partial charge < -0.3 is 4.74 Å². The first-order valence-corrected chi connectivity index (χ1v) is 8.79. The van der Waals surface area contributed by atoms with Crippen molar-refractivity contribution in [1.29, 1.82) is 0 Å². The molecule has 4 aromatic rings. The van der Waals surface area contributed by atoms with Crippen molar-refractivity contribution < 1.29 is 4.74 Å². The minimum atomic E-state index is -0.327. The number of nitrogens with zero attached hydrogens (tertiary/aromatic N) is 7. The third kappa shape index (κ3) is 3.39. The Hall–Kier alpha value is -3.46. The second-order valence-corrected chi connectivity index (χ2v) is 6.48. The van der Waals surface area contributed by atoms with E-state index in [1.54, 1.807) is 42.3 Å². The van der Waals surface area contributed by atoms with Crippen LogP contribution in [0.5, 0.6) is 5.88 Å². The van der Waals surface area contributed by atoms with Crippen LogP contribution in [0.1, 0.15) is 11.1 Å². The smallest absolute Gasteiger partial charge is 0.368 e. The van der Waals surface area contributed by atoms with Gasteiger partial charge in [-0.25, -0.2) is 14.5 Å². The number of tetrazole rings is 1. The molecule has 0 bridgehead atoms. The summed E-state index contributed by atoms with van der Waals surface area (Å²) in [5.74, 6) is 0.440. The molecular weight excluding hydrogens is 382 g/mol. The lowest BCUT2D eigenvalue weighted by molar-refractivity contribution is 0.290. The van der Waals surface area contributed by atoms with Crippen molar-refractivity contribution in [2.45, 2.75) is 13.5 Å². The molecule has 3 aromatic heterocycles. The van der Waals surface area contributed by atoms with Gasteiger partial charge in [-0.1, -0.05) is 23.7 Å². The summed E-state index contributed by atoms with van der Waals surface area (Å²) in [5.41, 5.74) is 2.86. The van der Waals surface area contributed by atoms with Crippen LogP contribution in [0.25, 0.3) is 11.4 Å². The second-order valence-electron chi connectivity index (χ2n) is 6.10. The van der Waals surface area contributed by atoms with Crippen LogP contribution in [-0.2, 0) is 13.7 Å². The molecule has 28 heavy (non-hydrogen) atoms. The Balaban J connectivity index is 1.58. The Morgan fingerprint density at radius 1 is 1.14 bits per heavy atom. The first-order chi connectivity index (χ1) is 13.5. The van der Waals surface area contributed by atoms with Gasteiger partial charge in [-0.05, 0) is 41.1 Å². The molecule has 0 N–H and O–H groups in total. The number of ether oxygens (including phenoxy) is 1. The van der Waals surface area contributed by atoms with Crippen LogP contribution in [0.2, 0.25) is 5.15 Å². The van der Waals surface area contributed by atoms with Gasteiger partial charge in [0.1, 0.15) is 11.8 Å². The standard InChI is InChI=1S/C18H16ClN7O2/c1-12-4-3-5-15(26-18(27)24(2)22-23-26)14(12)11-28-17-8-9-25(21-17)13-6-7-16(19)20-10-13/h3-10H,11H2,1-2H3. The van der Waals surface area contributed by atoms with Crippen molar-refractivity contribution in [3.05, 3.63) is 75.6 Å². The molecule has 0 radical (unpaired) electrons. The van der Waals surface area contributed by atoms with E-state index in [1.807, 2.05) is 25.1 Å². The highest BCUT2D eigenvalue weighted by Gasteiger charge is 2.14. The minimum Gasteiger partial charge on any atom is -0.472 e. The average molecular weight is 398 g/mol. The van der Waals surface area contributed by atoms with E-state index in [-0.39, 0.29) is 12.3 Å². The van der Waals surface area contributed by atoms with Gasteiger partial charge in [-0.2, -0.15) is 9.36 Å². The number of aryl methyl sites for hydroxylation is 2. The lowest BCUT2D eigenvalue weighted by atomic mass is 10.1. The molecule has 0 saturated heterocycles. The lowest BCUT2D eigenvalue weighted by Crippen LogP contribution is -2.23. The van der Waals surface area contributed by atoms with Crippen LogP contribution in [-0.4, -0.2) is 34.6 Å². The molecule has 0 fully saturated rings. The molecule has 4 rings (SSSR count). The third-order valence-electron chi connectivity index (χ3n) is 4.24. The maximum atomic E-state index is 12.2. The number of hydrogen-bond acceptors (Lipinski definition) is 6. The number of benzene rings is 1. The van der Waals surface area contributed by atoms with Crippen LogP contribution >= 0.6 is 11.6 Å². The summed E-state index contributed by atoms with van der Waals surface area (Å²) in [7, 11) is 1.55. The molecule has 1 aromatic carbocycles. The summed E-state index contributed by atoms with van der Waals surface area (Å²) in [5, 5.41) is 12.5. The normalized spacial score (nSPS) is 11.0. The van der Waals surface area contributed by atoms with Crippen LogP contribution in [0.15, 0.2) is 53.6 Å². The number of hydrogen-bond donors (Lipinski definition) is 0. The third-order valence-corrected chi connectivity index (χ3v) is 4.46. The van der Waals surface area contributed by atoms with Gasteiger partial charge in [0.2, 0.25) is 5.88 Å². The maximum Gasteiger partial charge on any atom is 0.368 e. The van der Waals surface area contributed by atoms with Gasteiger partial charge in [0.15, 0.2) is 0 Å². The molecule has 3 heterocycles. The highest BCUT2D eigenvalue weighted by atomic mass is 35.5. The number of rotatable bonds is 5. The van der Waals surface area contributed by atoms with E-state index in [0.29, 0.717) is 16.7 Å². The van der Waals surface area contributed by atoms with E-state index in [4.69, 9.17) is 16.3 Å². The highest BCUT2D eigenvalue weighted by molar-refractivity contribution is 6.29. The second kappa shape index (κ2) is 7.28. The van der Waals surface area contributed by atoms with Gasteiger partial charge in [-0.15, -0.1) is 5.10 Å². The van der Waals surface area contributed by atoms with Crippen LogP contribution in [0.3, 0.4) is 0 Å². The number of pyridine rings is 1. The molecule has 0 atom stereocenters. The van der Waals surface area contributed by atoms with E-state index < -0.39 is 0 Å².